The lowest BCUT2D eigenvalue weighted by Gasteiger charge is -2.25. The lowest BCUT2D eigenvalue weighted by Crippen LogP contribution is -2.57. The van der Waals surface area contributed by atoms with Crippen LogP contribution in [0.25, 0.3) is 0 Å². The Labute approximate surface area is 258 Å². The van der Waals surface area contributed by atoms with Gasteiger partial charge in [-0.25, -0.2) is 4.79 Å². The van der Waals surface area contributed by atoms with E-state index >= 15 is 0 Å². The fourth-order valence-corrected chi connectivity index (χ4v) is 4.10. The smallest absolute Gasteiger partial charge is 0.326 e. The number of hydrogen-bond acceptors (Lipinski definition) is 8. The molecule has 16 nitrogen and oxygen atoms in total. The van der Waals surface area contributed by atoms with Crippen molar-refractivity contribution in [3.63, 3.8) is 0 Å². The summed E-state index contributed by atoms with van der Waals surface area (Å²) in [4.78, 5) is 59.2. The molecule has 1 aromatic carbocycles. The molecule has 0 fully saturated rings. The zero-order valence-electron chi connectivity index (χ0n) is 25.3. The largest absolute Gasteiger partial charge is 0.480 e. The van der Waals surface area contributed by atoms with Crippen molar-refractivity contribution < 1.29 is 24.3 Å². The van der Waals surface area contributed by atoms with Crippen LogP contribution in [0.1, 0.15) is 57.4 Å². The number of aliphatic carboxylic acids is 1. The van der Waals surface area contributed by atoms with Gasteiger partial charge in [-0.15, -0.1) is 0 Å². The number of carbonyl (C=O) groups excluding carboxylic acids is 3. The molecule has 16 heteroatoms. The van der Waals surface area contributed by atoms with Gasteiger partial charge in [-0.1, -0.05) is 30.3 Å². The molecular weight excluding hydrogens is 570 g/mol. The second-order valence-electron chi connectivity index (χ2n) is 10.3. The summed E-state index contributed by atoms with van der Waals surface area (Å²) in [5.74, 6) is -3.19. The average molecular weight is 620 g/mol. The highest BCUT2D eigenvalue weighted by molar-refractivity contribution is 5.94. The minimum atomic E-state index is -1.25. The molecule has 0 radical (unpaired) electrons. The van der Waals surface area contributed by atoms with Crippen LogP contribution in [-0.2, 0) is 25.7 Å². The molecule has 1 rings (SSSR count). The quantitative estimate of drug-likeness (QED) is 0.0382. The number of nitrogens with two attached hydrogens (primary N) is 5. The average Bonchev–Trinajstić information content (AvgIpc) is 2.98. The van der Waals surface area contributed by atoms with E-state index in [0.717, 1.165) is 5.56 Å². The number of amides is 3. The van der Waals surface area contributed by atoms with Crippen LogP contribution in [0.2, 0.25) is 0 Å². The van der Waals surface area contributed by atoms with Gasteiger partial charge < -0.3 is 55.0 Å². The van der Waals surface area contributed by atoms with Crippen molar-refractivity contribution in [1.82, 2.24) is 21.3 Å². The Kier molecular flexibility index (Phi) is 18.2. The number of rotatable bonds is 22. The number of benzene rings is 1. The predicted octanol–water partition coefficient (Wildman–Crippen LogP) is -2.06. The van der Waals surface area contributed by atoms with Gasteiger partial charge in [-0.05, 0) is 64.0 Å². The van der Waals surface area contributed by atoms with Gasteiger partial charge in [0.15, 0.2) is 11.9 Å². The Morgan fingerprint density at radius 2 is 1.20 bits per heavy atom. The molecule has 0 saturated carbocycles. The topological polar surface area (TPSA) is 291 Å². The summed E-state index contributed by atoms with van der Waals surface area (Å²) in [6.07, 6.45) is 2.23. The zero-order valence-corrected chi connectivity index (χ0v) is 25.3. The molecule has 0 aliphatic rings. The monoisotopic (exact) mass is 619 g/mol. The Hall–Kier alpha value is -4.44. The normalized spacial score (nSPS) is 13.4. The highest BCUT2D eigenvalue weighted by Gasteiger charge is 2.30. The lowest BCUT2D eigenvalue weighted by atomic mass is 10.0. The second kappa shape index (κ2) is 21.3. The number of unbranched alkanes of at least 4 members (excludes halogenated alkanes) is 1. The molecule has 15 N–H and O–H groups in total. The van der Waals surface area contributed by atoms with E-state index in [-0.39, 0.29) is 44.3 Å². The highest BCUT2D eigenvalue weighted by atomic mass is 16.4. The number of aliphatic imine (C=N–C) groups is 2. The SMILES string of the molecule is C[C@H](NCc1ccccc1)C(=O)N[C@@H](CCCCN)C(=O)N[C@@H](CCCN=C(N)N)C(=O)N[C@@H](CCCN=C(N)N)C(=O)O. The Balaban J connectivity index is 3.00. The molecule has 0 heterocycles. The molecule has 44 heavy (non-hydrogen) atoms. The van der Waals surface area contributed by atoms with Gasteiger partial charge in [0.1, 0.15) is 18.1 Å². The number of hydrogen-bond donors (Lipinski definition) is 10. The zero-order chi connectivity index (χ0) is 32.9. The number of nitrogens with one attached hydrogen (secondary N) is 4. The van der Waals surface area contributed by atoms with E-state index < -0.39 is 47.9 Å². The van der Waals surface area contributed by atoms with Crippen molar-refractivity contribution in [1.29, 1.82) is 0 Å². The fourth-order valence-electron chi connectivity index (χ4n) is 4.10. The molecule has 1 aromatic rings. The minimum absolute atomic E-state index is 0.0537. The van der Waals surface area contributed by atoms with E-state index in [2.05, 4.69) is 31.3 Å². The van der Waals surface area contributed by atoms with Crippen molar-refractivity contribution in [2.45, 2.75) is 82.6 Å². The fraction of sp³-hybridized carbons (Fsp3) is 0.571. The summed E-state index contributed by atoms with van der Waals surface area (Å²) in [6, 6.07) is 5.60. The summed E-state index contributed by atoms with van der Waals surface area (Å²) in [5.41, 5.74) is 28.0. The van der Waals surface area contributed by atoms with Crippen LogP contribution in [0, 0.1) is 0 Å². The molecule has 4 atom stereocenters. The predicted molar refractivity (Wildman–Crippen MR) is 169 cm³/mol. The van der Waals surface area contributed by atoms with Gasteiger partial charge in [0.2, 0.25) is 17.7 Å². The van der Waals surface area contributed by atoms with Gasteiger partial charge in [0, 0.05) is 19.6 Å². The summed E-state index contributed by atoms with van der Waals surface area (Å²) in [5, 5.41) is 20.7. The molecule has 0 aliphatic carbocycles. The first-order chi connectivity index (χ1) is 20.9. The number of guanidine groups is 2. The van der Waals surface area contributed by atoms with E-state index in [9.17, 15) is 24.3 Å². The molecule has 0 bridgehead atoms. The summed E-state index contributed by atoms with van der Waals surface area (Å²) < 4.78 is 0. The van der Waals surface area contributed by atoms with Crippen LogP contribution in [0.4, 0.5) is 0 Å². The van der Waals surface area contributed by atoms with Crippen molar-refractivity contribution >= 4 is 35.6 Å². The first-order valence-corrected chi connectivity index (χ1v) is 14.7. The maximum Gasteiger partial charge on any atom is 0.326 e. The van der Waals surface area contributed by atoms with E-state index in [4.69, 9.17) is 28.7 Å². The molecule has 0 aromatic heterocycles. The van der Waals surface area contributed by atoms with Crippen LogP contribution >= 0.6 is 0 Å². The number of nitrogens with zero attached hydrogens (tertiary/aromatic N) is 2. The van der Waals surface area contributed by atoms with Gasteiger partial charge in [-0.3, -0.25) is 24.4 Å². The van der Waals surface area contributed by atoms with E-state index in [0.29, 0.717) is 38.8 Å². The second-order valence-corrected chi connectivity index (χ2v) is 10.3. The van der Waals surface area contributed by atoms with Crippen LogP contribution in [0.5, 0.6) is 0 Å². The van der Waals surface area contributed by atoms with Crippen LogP contribution < -0.4 is 49.9 Å². The van der Waals surface area contributed by atoms with Gasteiger partial charge in [0.05, 0.1) is 6.04 Å². The first kappa shape index (κ1) is 37.6. The third-order valence-corrected chi connectivity index (χ3v) is 6.57. The number of carboxylic acids is 1. The minimum Gasteiger partial charge on any atom is -0.480 e. The summed E-state index contributed by atoms with van der Waals surface area (Å²) in [7, 11) is 0. The third-order valence-electron chi connectivity index (χ3n) is 6.57. The van der Waals surface area contributed by atoms with Crippen molar-refractivity contribution in [3.05, 3.63) is 35.9 Å². The molecule has 3 amide bonds. The van der Waals surface area contributed by atoms with Crippen molar-refractivity contribution in [2.75, 3.05) is 19.6 Å². The lowest BCUT2D eigenvalue weighted by molar-refractivity contribution is -0.142. The maximum absolute atomic E-state index is 13.4. The van der Waals surface area contributed by atoms with Crippen molar-refractivity contribution in [2.24, 2.45) is 38.7 Å². The maximum atomic E-state index is 13.4. The Bertz CT molecular complexity index is 1090. The van der Waals surface area contributed by atoms with Gasteiger partial charge >= 0.3 is 5.97 Å². The molecule has 0 unspecified atom stereocenters. The van der Waals surface area contributed by atoms with Crippen molar-refractivity contribution in [3.8, 4) is 0 Å². The Morgan fingerprint density at radius 3 is 1.70 bits per heavy atom. The molecule has 0 saturated heterocycles. The van der Waals surface area contributed by atoms with Crippen LogP contribution in [0.15, 0.2) is 40.3 Å². The number of carboxylic acid groups (broad SMARTS) is 1. The summed E-state index contributed by atoms with van der Waals surface area (Å²) in [6.45, 7) is 2.92. The Morgan fingerprint density at radius 1 is 0.727 bits per heavy atom. The van der Waals surface area contributed by atoms with Gasteiger partial charge in [0.25, 0.3) is 0 Å². The highest BCUT2D eigenvalue weighted by Crippen LogP contribution is 2.07. The third kappa shape index (κ3) is 16.3. The molecule has 0 aliphatic heterocycles. The van der Waals surface area contributed by atoms with E-state index in [1.165, 1.54) is 0 Å². The number of carbonyl (C=O) groups is 4. The van der Waals surface area contributed by atoms with E-state index in [1.54, 1.807) is 6.92 Å². The molecule has 246 valence electrons. The molecule has 0 spiro atoms. The molecular formula is C28H49N11O5. The first-order valence-electron chi connectivity index (χ1n) is 14.7. The van der Waals surface area contributed by atoms with Crippen LogP contribution in [-0.4, -0.2) is 84.5 Å². The van der Waals surface area contributed by atoms with Crippen LogP contribution in [0.3, 0.4) is 0 Å². The van der Waals surface area contributed by atoms with Gasteiger partial charge in [-0.2, -0.15) is 0 Å². The summed E-state index contributed by atoms with van der Waals surface area (Å²) >= 11 is 0. The van der Waals surface area contributed by atoms with E-state index in [1.807, 2.05) is 30.3 Å². The standard InChI is InChI=1S/C28H49N11O5/c1-18(36-17-19-9-3-2-4-10-19)23(40)37-20(11-5-6-14-29)24(41)38-21(12-7-15-34-27(30)31)25(42)39-22(26(43)44)13-8-16-35-28(32)33/h2-4,9-10,18,20-22,36H,5-8,11-17,29H2,1H3,(H,37,40)(H,38,41)(H,39,42)(H,43,44)(H4,30,31,34)(H4,32,33,35)/t18-,20-,21-,22-/m0/s1.